The lowest BCUT2D eigenvalue weighted by Crippen LogP contribution is -2.42. The molecule has 5 rings (SSSR count). The summed E-state index contributed by atoms with van der Waals surface area (Å²) in [7, 11) is 0. The molecule has 2 saturated heterocycles. The number of carbonyl (C=O) groups is 2. The second kappa shape index (κ2) is 12.5. The number of aryl methyl sites for hydroxylation is 2. The molecule has 0 saturated carbocycles. The quantitative estimate of drug-likeness (QED) is 0.237. The van der Waals surface area contributed by atoms with E-state index in [1.807, 2.05) is 55.5 Å². The largest absolute Gasteiger partial charge is 0.507 e. The van der Waals surface area contributed by atoms with E-state index < -0.39 is 17.7 Å². The van der Waals surface area contributed by atoms with Crippen LogP contribution in [0.3, 0.4) is 0 Å². The van der Waals surface area contributed by atoms with Crippen LogP contribution in [0.1, 0.15) is 40.8 Å². The summed E-state index contributed by atoms with van der Waals surface area (Å²) in [5.41, 5.74) is 4.80. The number of morpholine rings is 1. The summed E-state index contributed by atoms with van der Waals surface area (Å²) in [6.45, 7) is 8.47. The molecule has 1 unspecified atom stereocenters. The van der Waals surface area contributed by atoms with Gasteiger partial charge in [0.15, 0.2) is 0 Å². The van der Waals surface area contributed by atoms with Crippen molar-refractivity contribution in [2.24, 2.45) is 0 Å². The number of ketones is 1. The average Bonchev–Trinajstić information content (AvgIpc) is 3.25. The molecule has 40 heavy (non-hydrogen) atoms. The van der Waals surface area contributed by atoms with Gasteiger partial charge >= 0.3 is 0 Å². The van der Waals surface area contributed by atoms with E-state index in [9.17, 15) is 14.7 Å². The van der Waals surface area contributed by atoms with Crippen LogP contribution in [0.4, 0.5) is 0 Å². The van der Waals surface area contributed by atoms with E-state index in [1.54, 1.807) is 29.2 Å². The van der Waals surface area contributed by atoms with Crippen molar-refractivity contribution in [1.82, 2.24) is 9.80 Å². The summed E-state index contributed by atoms with van der Waals surface area (Å²) in [5.74, 6) is -0.777. The summed E-state index contributed by atoms with van der Waals surface area (Å²) in [6, 6.07) is 22.3. The third kappa shape index (κ3) is 5.96. The van der Waals surface area contributed by atoms with Crippen LogP contribution in [-0.4, -0.2) is 66.0 Å². The maximum absolute atomic E-state index is 13.4. The highest BCUT2D eigenvalue weighted by atomic mass is 16.5. The highest BCUT2D eigenvalue weighted by molar-refractivity contribution is 6.46. The molecule has 2 heterocycles. The fourth-order valence-electron chi connectivity index (χ4n) is 5.26. The van der Waals surface area contributed by atoms with Crippen molar-refractivity contribution >= 4 is 17.4 Å². The highest BCUT2D eigenvalue weighted by Gasteiger charge is 2.46. The van der Waals surface area contributed by atoms with Gasteiger partial charge in [0, 0.05) is 31.7 Å². The molecule has 7 heteroatoms. The number of rotatable bonds is 9. The Bertz CT molecular complexity index is 1370. The molecular formula is C33H36N2O5. The molecule has 3 aromatic carbocycles. The Balaban J connectivity index is 1.42. The van der Waals surface area contributed by atoms with Crippen LogP contribution in [-0.2, 0) is 27.4 Å². The first-order chi connectivity index (χ1) is 19.5. The lowest BCUT2D eigenvalue weighted by Gasteiger charge is -2.31. The van der Waals surface area contributed by atoms with E-state index in [-0.39, 0.29) is 11.3 Å². The van der Waals surface area contributed by atoms with E-state index in [0.29, 0.717) is 44.2 Å². The highest BCUT2D eigenvalue weighted by Crippen LogP contribution is 2.39. The molecular weight excluding hydrogens is 504 g/mol. The molecule has 208 valence electrons. The Morgan fingerprint density at radius 3 is 2.33 bits per heavy atom. The van der Waals surface area contributed by atoms with Gasteiger partial charge in [-0.15, -0.1) is 0 Å². The van der Waals surface area contributed by atoms with E-state index in [2.05, 4.69) is 11.8 Å². The lowest BCUT2D eigenvalue weighted by molar-refractivity contribution is -0.140. The van der Waals surface area contributed by atoms with Crippen LogP contribution in [0.5, 0.6) is 5.75 Å². The molecule has 0 aliphatic carbocycles. The summed E-state index contributed by atoms with van der Waals surface area (Å²) < 4.78 is 11.4. The summed E-state index contributed by atoms with van der Waals surface area (Å²) in [6.07, 6.45) is 0.885. The number of Topliss-reactive ketones (excluding diaryl/α,β-unsaturated/α-hetero) is 1. The van der Waals surface area contributed by atoms with Gasteiger partial charge in [-0.3, -0.25) is 14.5 Å². The second-order valence-corrected chi connectivity index (χ2v) is 10.3. The molecule has 2 fully saturated rings. The van der Waals surface area contributed by atoms with Gasteiger partial charge in [0.2, 0.25) is 0 Å². The molecule has 1 N–H and O–H groups in total. The number of likely N-dealkylation sites (tertiary alicyclic amines) is 1. The third-order valence-electron chi connectivity index (χ3n) is 7.79. The van der Waals surface area contributed by atoms with E-state index >= 15 is 0 Å². The molecule has 3 aromatic rings. The minimum absolute atomic E-state index is 0.116. The van der Waals surface area contributed by atoms with E-state index in [0.717, 1.165) is 41.8 Å². The maximum Gasteiger partial charge on any atom is 0.295 e. The van der Waals surface area contributed by atoms with E-state index in [1.165, 1.54) is 0 Å². The van der Waals surface area contributed by atoms with Gasteiger partial charge in [0.25, 0.3) is 11.7 Å². The van der Waals surface area contributed by atoms with Crippen molar-refractivity contribution in [1.29, 1.82) is 0 Å². The van der Waals surface area contributed by atoms with E-state index in [4.69, 9.17) is 9.47 Å². The van der Waals surface area contributed by atoms with Crippen molar-refractivity contribution in [3.05, 3.63) is 106 Å². The van der Waals surface area contributed by atoms with Gasteiger partial charge in [-0.05, 0) is 59.9 Å². The number of hydrogen-bond donors (Lipinski definition) is 1. The van der Waals surface area contributed by atoms with Crippen LogP contribution in [0, 0.1) is 6.92 Å². The van der Waals surface area contributed by atoms with Crippen molar-refractivity contribution in [2.45, 2.75) is 32.9 Å². The van der Waals surface area contributed by atoms with Gasteiger partial charge in [0.05, 0.1) is 24.8 Å². The molecule has 7 nitrogen and oxygen atoms in total. The van der Waals surface area contributed by atoms with Gasteiger partial charge in [-0.1, -0.05) is 55.5 Å². The Morgan fingerprint density at radius 2 is 1.65 bits per heavy atom. The summed E-state index contributed by atoms with van der Waals surface area (Å²) >= 11 is 0. The number of benzene rings is 3. The first-order valence-corrected chi connectivity index (χ1v) is 13.9. The monoisotopic (exact) mass is 540 g/mol. The Kier molecular flexibility index (Phi) is 8.63. The molecule has 2 aliphatic rings. The lowest BCUT2D eigenvalue weighted by atomic mass is 9.94. The zero-order chi connectivity index (χ0) is 28.1. The molecule has 0 radical (unpaired) electrons. The summed E-state index contributed by atoms with van der Waals surface area (Å²) in [5, 5.41) is 11.4. The molecule has 0 aromatic heterocycles. The Hall–Kier alpha value is -3.94. The zero-order valence-electron chi connectivity index (χ0n) is 23.1. The van der Waals surface area contributed by atoms with Gasteiger partial charge < -0.3 is 19.5 Å². The van der Waals surface area contributed by atoms with Crippen LogP contribution < -0.4 is 4.74 Å². The van der Waals surface area contributed by atoms with Gasteiger partial charge in [-0.25, -0.2) is 0 Å². The Morgan fingerprint density at radius 1 is 0.950 bits per heavy atom. The van der Waals surface area contributed by atoms with Crippen LogP contribution >= 0.6 is 0 Å². The minimum Gasteiger partial charge on any atom is -0.507 e. The molecule has 1 atom stereocenters. The number of hydrogen-bond acceptors (Lipinski definition) is 6. The molecule has 0 bridgehead atoms. The number of amides is 1. The zero-order valence-corrected chi connectivity index (χ0v) is 23.1. The molecule has 2 aliphatic heterocycles. The van der Waals surface area contributed by atoms with Crippen molar-refractivity contribution < 1.29 is 24.2 Å². The summed E-state index contributed by atoms with van der Waals surface area (Å²) in [4.78, 5) is 30.5. The third-order valence-corrected chi connectivity index (χ3v) is 7.79. The first kappa shape index (κ1) is 27.6. The average molecular weight is 541 g/mol. The standard InChI is InChI=1S/C33H36N2O5/c1-3-24-8-10-25(11-9-24)30-29(32(37)33(38)35(30)17-16-34-18-20-39-21-19-34)31(36)26-12-14-28(15-13-26)40-22-27-7-5-4-6-23(27)2/h4-15,30,36H,3,16-22H2,1-2H3/b31-29+. The predicted molar refractivity (Wildman–Crippen MR) is 154 cm³/mol. The van der Waals surface area contributed by atoms with Crippen LogP contribution in [0.2, 0.25) is 0 Å². The maximum atomic E-state index is 13.4. The van der Waals surface area contributed by atoms with Crippen molar-refractivity contribution in [2.75, 3.05) is 39.4 Å². The molecule has 0 spiro atoms. The first-order valence-electron chi connectivity index (χ1n) is 13.9. The number of carbonyl (C=O) groups excluding carboxylic acids is 2. The number of nitrogens with zero attached hydrogens (tertiary/aromatic N) is 2. The predicted octanol–water partition coefficient (Wildman–Crippen LogP) is 4.89. The molecule has 1 amide bonds. The number of aliphatic hydroxyl groups is 1. The minimum atomic E-state index is -0.663. The number of aliphatic hydroxyl groups excluding tert-OH is 1. The van der Waals surface area contributed by atoms with Crippen LogP contribution in [0.15, 0.2) is 78.4 Å². The Labute approximate surface area is 235 Å². The SMILES string of the molecule is CCc1ccc(C2/C(=C(\O)c3ccc(OCc4ccccc4C)cc3)C(=O)C(=O)N2CCN2CCOCC2)cc1. The fourth-order valence-corrected chi connectivity index (χ4v) is 5.26. The topological polar surface area (TPSA) is 79.3 Å². The normalized spacial score (nSPS) is 19.2. The van der Waals surface area contributed by atoms with Crippen LogP contribution in [0.25, 0.3) is 5.76 Å². The fraction of sp³-hybridized carbons (Fsp3) is 0.333. The number of ether oxygens (including phenoxy) is 2. The smallest absolute Gasteiger partial charge is 0.295 e. The van der Waals surface area contributed by atoms with Crippen molar-refractivity contribution in [3.63, 3.8) is 0 Å². The van der Waals surface area contributed by atoms with Gasteiger partial charge in [-0.2, -0.15) is 0 Å². The van der Waals surface area contributed by atoms with Gasteiger partial charge in [0.1, 0.15) is 18.1 Å². The van der Waals surface area contributed by atoms with Crippen molar-refractivity contribution in [3.8, 4) is 5.75 Å². The second-order valence-electron chi connectivity index (χ2n) is 10.3.